The fourth-order valence-electron chi connectivity index (χ4n) is 2.60. The highest BCUT2D eigenvalue weighted by atomic mass is 16.5. The van der Waals surface area contributed by atoms with E-state index in [1.54, 1.807) is 12.0 Å². The van der Waals surface area contributed by atoms with Crippen LogP contribution in [0.3, 0.4) is 0 Å². The summed E-state index contributed by atoms with van der Waals surface area (Å²) < 4.78 is 5.46. The largest absolute Gasteiger partial charge is 0.481 e. The van der Waals surface area contributed by atoms with Crippen LogP contribution in [0.2, 0.25) is 0 Å². The van der Waals surface area contributed by atoms with Crippen molar-refractivity contribution in [3.63, 3.8) is 0 Å². The quantitative estimate of drug-likeness (QED) is 0.781. The number of methoxy groups -OCH3 is 1. The van der Waals surface area contributed by atoms with Crippen molar-refractivity contribution in [3.8, 4) is 0 Å². The molecule has 0 saturated carbocycles. The van der Waals surface area contributed by atoms with Gasteiger partial charge in [0.05, 0.1) is 18.6 Å². The van der Waals surface area contributed by atoms with E-state index in [-0.39, 0.29) is 24.1 Å². The van der Waals surface area contributed by atoms with Crippen LogP contribution in [0.15, 0.2) is 0 Å². The predicted octanol–water partition coefficient (Wildman–Crippen LogP) is 1.84. The summed E-state index contributed by atoms with van der Waals surface area (Å²) in [7, 11) is 1.66. The van der Waals surface area contributed by atoms with Gasteiger partial charge in [-0.2, -0.15) is 0 Å². The molecule has 1 heterocycles. The normalized spacial score (nSPS) is 24.2. The summed E-state index contributed by atoms with van der Waals surface area (Å²) in [6.45, 7) is 5.20. The maximum atomic E-state index is 12.2. The molecule has 0 radical (unpaired) electrons. The lowest BCUT2D eigenvalue weighted by Gasteiger charge is -2.39. The highest BCUT2D eigenvalue weighted by molar-refractivity contribution is 5.76. The monoisotopic (exact) mass is 286 g/mol. The van der Waals surface area contributed by atoms with Gasteiger partial charge in [-0.25, -0.2) is 4.79 Å². The zero-order chi connectivity index (χ0) is 15.2. The van der Waals surface area contributed by atoms with E-state index in [0.717, 1.165) is 19.3 Å². The molecular formula is C14H26N2O4. The molecule has 2 amide bonds. The summed E-state index contributed by atoms with van der Waals surface area (Å²) in [6.07, 6.45) is 3.31. The number of nitrogens with zero attached hydrogens (tertiary/aromatic N) is 1. The minimum atomic E-state index is -0.885. The Hall–Kier alpha value is -1.30. The van der Waals surface area contributed by atoms with E-state index in [0.29, 0.717) is 19.5 Å². The Kier molecular flexibility index (Phi) is 6.26. The molecule has 1 aliphatic rings. The highest BCUT2D eigenvalue weighted by Gasteiger charge is 2.33. The predicted molar refractivity (Wildman–Crippen MR) is 75.7 cm³/mol. The molecule has 6 heteroatoms. The number of urea groups is 1. The van der Waals surface area contributed by atoms with Gasteiger partial charge >= 0.3 is 12.0 Å². The number of carboxylic acid groups (broad SMARTS) is 1. The van der Waals surface area contributed by atoms with Crippen molar-refractivity contribution < 1.29 is 19.4 Å². The van der Waals surface area contributed by atoms with Crippen molar-refractivity contribution in [2.24, 2.45) is 0 Å². The summed E-state index contributed by atoms with van der Waals surface area (Å²) in [5.74, 6) is -0.885. The van der Waals surface area contributed by atoms with Gasteiger partial charge in [0.1, 0.15) is 0 Å². The van der Waals surface area contributed by atoms with Crippen molar-refractivity contribution in [1.29, 1.82) is 0 Å². The summed E-state index contributed by atoms with van der Waals surface area (Å²) >= 11 is 0. The third kappa shape index (κ3) is 5.00. The molecule has 2 N–H and O–H groups in total. The third-order valence-electron chi connectivity index (χ3n) is 3.82. The lowest BCUT2D eigenvalue weighted by Crippen LogP contribution is -2.54. The molecule has 0 bridgehead atoms. The molecule has 0 aromatic carbocycles. The van der Waals surface area contributed by atoms with Gasteiger partial charge in [0.15, 0.2) is 0 Å². The Morgan fingerprint density at radius 3 is 2.75 bits per heavy atom. The van der Waals surface area contributed by atoms with E-state index in [1.165, 1.54) is 0 Å². The summed E-state index contributed by atoms with van der Waals surface area (Å²) in [5.41, 5.74) is -0.303. The molecular weight excluding hydrogens is 260 g/mol. The van der Waals surface area contributed by atoms with Gasteiger partial charge in [0.2, 0.25) is 0 Å². The van der Waals surface area contributed by atoms with Gasteiger partial charge in [-0.3, -0.25) is 4.79 Å². The molecule has 0 aromatic rings. The van der Waals surface area contributed by atoms with Crippen LogP contribution in [0.5, 0.6) is 0 Å². The standard InChI is InChI=1S/C14H26N2O4/c1-4-6-11(9-12(17)18)15-13(19)16-8-5-7-14(2,10-16)20-3/h11H,4-10H2,1-3H3,(H,15,19)(H,17,18). The number of hydrogen-bond acceptors (Lipinski definition) is 3. The fourth-order valence-corrected chi connectivity index (χ4v) is 2.60. The molecule has 116 valence electrons. The number of aliphatic carboxylic acids is 1. The average Bonchev–Trinajstić information content (AvgIpc) is 2.38. The molecule has 6 nitrogen and oxygen atoms in total. The lowest BCUT2D eigenvalue weighted by atomic mass is 9.95. The second kappa shape index (κ2) is 7.47. The smallest absolute Gasteiger partial charge is 0.317 e. The van der Waals surface area contributed by atoms with Gasteiger partial charge in [0.25, 0.3) is 0 Å². The molecule has 0 aromatic heterocycles. The van der Waals surface area contributed by atoms with Gasteiger partial charge < -0.3 is 20.1 Å². The molecule has 2 unspecified atom stereocenters. The zero-order valence-electron chi connectivity index (χ0n) is 12.6. The first-order valence-electron chi connectivity index (χ1n) is 7.22. The van der Waals surface area contributed by atoms with Crippen LogP contribution in [0.25, 0.3) is 0 Å². The summed E-state index contributed by atoms with van der Waals surface area (Å²) in [5, 5.41) is 11.7. The molecule has 20 heavy (non-hydrogen) atoms. The topological polar surface area (TPSA) is 78.9 Å². The molecule has 1 aliphatic heterocycles. The first kappa shape index (κ1) is 16.8. The maximum absolute atomic E-state index is 12.2. The molecule has 1 saturated heterocycles. The number of rotatable bonds is 6. The van der Waals surface area contributed by atoms with E-state index in [1.807, 2.05) is 13.8 Å². The van der Waals surface area contributed by atoms with Crippen molar-refractivity contribution in [2.45, 2.75) is 57.6 Å². The van der Waals surface area contributed by atoms with Gasteiger partial charge in [0, 0.05) is 19.7 Å². The summed E-state index contributed by atoms with van der Waals surface area (Å²) in [4.78, 5) is 24.8. The van der Waals surface area contributed by atoms with Crippen molar-refractivity contribution in [3.05, 3.63) is 0 Å². The highest BCUT2D eigenvalue weighted by Crippen LogP contribution is 2.23. The second-order valence-corrected chi connectivity index (χ2v) is 5.71. The number of carbonyl (C=O) groups is 2. The van der Waals surface area contributed by atoms with Crippen LogP contribution >= 0.6 is 0 Å². The number of hydrogen-bond donors (Lipinski definition) is 2. The first-order valence-corrected chi connectivity index (χ1v) is 7.22. The zero-order valence-corrected chi connectivity index (χ0v) is 12.6. The number of carbonyl (C=O) groups excluding carboxylic acids is 1. The maximum Gasteiger partial charge on any atom is 0.317 e. The van der Waals surface area contributed by atoms with Crippen LogP contribution in [0.4, 0.5) is 4.79 Å². The Bertz CT molecular complexity index is 348. The number of carboxylic acids is 1. The van der Waals surface area contributed by atoms with E-state index in [9.17, 15) is 9.59 Å². The Morgan fingerprint density at radius 2 is 2.20 bits per heavy atom. The van der Waals surface area contributed by atoms with Gasteiger partial charge in [-0.05, 0) is 26.2 Å². The minimum Gasteiger partial charge on any atom is -0.481 e. The first-order chi connectivity index (χ1) is 9.40. The molecule has 0 spiro atoms. The number of likely N-dealkylation sites (tertiary alicyclic amines) is 1. The SMILES string of the molecule is CCCC(CC(=O)O)NC(=O)N1CCCC(C)(OC)C1. The van der Waals surface area contributed by atoms with Crippen molar-refractivity contribution in [2.75, 3.05) is 20.2 Å². The Morgan fingerprint density at radius 1 is 1.50 bits per heavy atom. The summed E-state index contributed by atoms with van der Waals surface area (Å²) in [6, 6.07) is -0.492. The number of amides is 2. The Labute approximate surface area is 120 Å². The van der Waals surface area contributed by atoms with Crippen LogP contribution < -0.4 is 5.32 Å². The van der Waals surface area contributed by atoms with Crippen LogP contribution in [-0.4, -0.2) is 53.8 Å². The molecule has 1 fully saturated rings. The Balaban J connectivity index is 2.57. The van der Waals surface area contributed by atoms with E-state index in [2.05, 4.69) is 5.32 Å². The van der Waals surface area contributed by atoms with E-state index < -0.39 is 5.97 Å². The molecule has 1 rings (SSSR count). The molecule has 0 aliphatic carbocycles. The van der Waals surface area contributed by atoms with E-state index in [4.69, 9.17) is 9.84 Å². The van der Waals surface area contributed by atoms with Crippen LogP contribution in [-0.2, 0) is 9.53 Å². The van der Waals surface area contributed by atoms with Gasteiger partial charge in [-0.15, -0.1) is 0 Å². The van der Waals surface area contributed by atoms with E-state index >= 15 is 0 Å². The second-order valence-electron chi connectivity index (χ2n) is 5.71. The van der Waals surface area contributed by atoms with Crippen molar-refractivity contribution in [1.82, 2.24) is 10.2 Å². The van der Waals surface area contributed by atoms with Gasteiger partial charge in [-0.1, -0.05) is 13.3 Å². The fraction of sp³-hybridized carbons (Fsp3) is 0.857. The van der Waals surface area contributed by atoms with Crippen LogP contribution in [0, 0.1) is 0 Å². The minimum absolute atomic E-state index is 0.0328. The lowest BCUT2D eigenvalue weighted by molar-refractivity contribution is -0.137. The number of ether oxygens (including phenoxy) is 1. The van der Waals surface area contributed by atoms with Crippen LogP contribution in [0.1, 0.15) is 46.0 Å². The number of nitrogens with one attached hydrogen (secondary N) is 1. The molecule has 2 atom stereocenters. The third-order valence-corrected chi connectivity index (χ3v) is 3.82. The van der Waals surface area contributed by atoms with Crippen molar-refractivity contribution >= 4 is 12.0 Å². The number of piperidine rings is 1. The average molecular weight is 286 g/mol.